The van der Waals surface area contributed by atoms with E-state index in [0.717, 1.165) is 10.1 Å². The third-order valence-electron chi connectivity index (χ3n) is 2.92. The van der Waals surface area contributed by atoms with Crippen LogP contribution in [0.3, 0.4) is 0 Å². The number of rotatable bonds is 3. The summed E-state index contributed by atoms with van der Waals surface area (Å²) in [6.45, 7) is -0.306. The Balaban J connectivity index is 1.94. The summed E-state index contributed by atoms with van der Waals surface area (Å²) < 4.78 is 44.1. The van der Waals surface area contributed by atoms with Gasteiger partial charge in [0.1, 0.15) is 11.6 Å². The Morgan fingerprint density at radius 1 is 1.39 bits per heavy atom. The summed E-state index contributed by atoms with van der Waals surface area (Å²) in [5.41, 5.74) is -1.07. The highest BCUT2D eigenvalue weighted by atomic mass is 35.5. The Labute approximate surface area is 135 Å². The van der Waals surface area contributed by atoms with Crippen molar-refractivity contribution in [1.29, 1.82) is 0 Å². The minimum Gasteiger partial charge on any atom is -0.337 e. The average Bonchev–Trinajstić information content (AvgIpc) is 3.13. The van der Waals surface area contributed by atoms with Gasteiger partial charge < -0.3 is 9.09 Å². The first-order valence-corrected chi connectivity index (χ1v) is 7.49. The molecule has 23 heavy (non-hydrogen) atoms. The van der Waals surface area contributed by atoms with E-state index in [1.54, 1.807) is 11.4 Å². The van der Waals surface area contributed by atoms with Gasteiger partial charge in [0, 0.05) is 17.1 Å². The molecule has 0 aliphatic carbocycles. The van der Waals surface area contributed by atoms with Gasteiger partial charge in [0.05, 0.1) is 5.56 Å². The van der Waals surface area contributed by atoms with Crippen LogP contribution >= 0.6 is 22.9 Å². The smallest absolute Gasteiger partial charge is 0.337 e. The van der Waals surface area contributed by atoms with Crippen molar-refractivity contribution in [1.82, 2.24) is 14.7 Å². The second-order valence-corrected chi connectivity index (χ2v) is 5.72. The molecule has 0 saturated carbocycles. The molecule has 0 saturated heterocycles. The van der Waals surface area contributed by atoms with Crippen LogP contribution in [0, 0.1) is 0 Å². The molecule has 3 heterocycles. The van der Waals surface area contributed by atoms with Crippen LogP contribution in [0.5, 0.6) is 0 Å². The van der Waals surface area contributed by atoms with Crippen LogP contribution in [0.4, 0.5) is 13.2 Å². The molecule has 120 valence electrons. The van der Waals surface area contributed by atoms with Gasteiger partial charge in [-0.25, -0.2) is 0 Å². The molecule has 0 N–H and O–H groups in total. The lowest BCUT2D eigenvalue weighted by molar-refractivity contribution is -0.138. The van der Waals surface area contributed by atoms with Crippen molar-refractivity contribution in [2.45, 2.75) is 12.7 Å². The van der Waals surface area contributed by atoms with Gasteiger partial charge in [0.15, 0.2) is 0 Å². The minimum absolute atomic E-state index is 0.00342. The lowest BCUT2D eigenvalue weighted by atomic mass is 10.2. The number of nitrogens with zero attached hydrogens (tertiary/aromatic N) is 3. The average molecular weight is 362 g/mol. The Morgan fingerprint density at radius 2 is 2.17 bits per heavy atom. The quantitative estimate of drug-likeness (QED) is 0.714. The van der Waals surface area contributed by atoms with Gasteiger partial charge in [0.2, 0.25) is 11.7 Å². The van der Waals surface area contributed by atoms with E-state index in [0.29, 0.717) is 18.1 Å². The zero-order valence-electron chi connectivity index (χ0n) is 11.2. The Kier molecular flexibility index (Phi) is 3.99. The van der Waals surface area contributed by atoms with E-state index >= 15 is 0 Å². The fraction of sp³-hybridized carbons (Fsp3) is 0.154. The lowest BCUT2D eigenvalue weighted by Crippen LogP contribution is -2.23. The molecule has 0 aliphatic heterocycles. The van der Waals surface area contributed by atoms with Gasteiger partial charge in [-0.05, 0) is 17.5 Å². The van der Waals surface area contributed by atoms with E-state index < -0.39 is 22.3 Å². The summed E-state index contributed by atoms with van der Waals surface area (Å²) in [7, 11) is 0. The molecule has 0 fully saturated rings. The highest BCUT2D eigenvalue weighted by Gasteiger charge is 2.32. The van der Waals surface area contributed by atoms with Gasteiger partial charge in [-0.1, -0.05) is 16.8 Å². The molecule has 0 spiro atoms. The predicted octanol–water partition coefficient (Wildman–Crippen LogP) is 3.68. The summed E-state index contributed by atoms with van der Waals surface area (Å²) >= 11 is 7.02. The van der Waals surface area contributed by atoms with Crippen molar-refractivity contribution >= 4 is 22.9 Å². The topological polar surface area (TPSA) is 60.9 Å². The van der Waals surface area contributed by atoms with Crippen LogP contribution in [0.15, 0.2) is 38.4 Å². The van der Waals surface area contributed by atoms with Crippen LogP contribution in [0.2, 0.25) is 5.02 Å². The second kappa shape index (κ2) is 5.82. The summed E-state index contributed by atoms with van der Waals surface area (Å²) in [5.74, 6) is 0.302. The first kappa shape index (κ1) is 15.8. The molecule has 0 unspecified atom stereocenters. The second-order valence-electron chi connectivity index (χ2n) is 4.53. The van der Waals surface area contributed by atoms with Gasteiger partial charge in [-0.3, -0.25) is 4.79 Å². The standard InChI is InChI=1S/C13H7ClF3N3O2S/c14-9-3-8(13(15,16)17)4-20(12(9)21)5-10-18-11(19-22-10)7-1-2-23-6-7/h1-4,6H,5H2. The van der Waals surface area contributed by atoms with Crippen LogP contribution in [-0.2, 0) is 12.7 Å². The first-order valence-electron chi connectivity index (χ1n) is 6.17. The van der Waals surface area contributed by atoms with Crippen molar-refractivity contribution in [3.05, 3.63) is 55.9 Å². The van der Waals surface area contributed by atoms with Gasteiger partial charge in [-0.15, -0.1) is 0 Å². The van der Waals surface area contributed by atoms with E-state index in [2.05, 4.69) is 10.1 Å². The number of thiophene rings is 1. The number of hydrogen-bond donors (Lipinski definition) is 0. The molecule has 3 aromatic rings. The van der Waals surface area contributed by atoms with Crippen LogP contribution in [0.1, 0.15) is 11.5 Å². The highest BCUT2D eigenvalue weighted by Crippen LogP contribution is 2.29. The van der Waals surface area contributed by atoms with Crippen LogP contribution < -0.4 is 5.56 Å². The van der Waals surface area contributed by atoms with Gasteiger partial charge in [-0.2, -0.15) is 29.5 Å². The SMILES string of the molecule is O=c1c(Cl)cc(C(F)(F)F)cn1Cc1nc(-c2ccsc2)no1. The molecule has 0 aromatic carbocycles. The fourth-order valence-electron chi connectivity index (χ4n) is 1.85. The highest BCUT2D eigenvalue weighted by molar-refractivity contribution is 7.08. The van der Waals surface area contributed by atoms with Crippen molar-refractivity contribution < 1.29 is 17.7 Å². The van der Waals surface area contributed by atoms with Crippen molar-refractivity contribution in [2.75, 3.05) is 0 Å². The molecule has 10 heteroatoms. The molecule has 0 bridgehead atoms. The van der Waals surface area contributed by atoms with Crippen LogP contribution in [0.25, 0.3) is 11.4 Å². The van der Waals surface area contributed by atoms with E-state index in [9.17, 15) is 18.0 Å². The fourth-order valence-corrected chi connectivity index (χ4v) is 2.71. The van der Waals surface area contributed by atoms with Crippen LogP contribution in [-0.4, -0.2) is 14.7 Å². The van der Waals surface area contributed by atoms with Crippen molar-refractivity contribution in [3.63, 3.8) is 0 Å². The molecule has 5 nitrogen and oxygen atoms in total. The molecule has 3 rings (SSSR count). The normalized spacial score (nSPS) is 11.8. The Bertz CT molecular complexity index is 887. The number of hydrogen-bond acceptors (Lipinski definition) is 5. The first-order chi connectivity index (χ1) is 10.8. The van der Waals surface area contributed by atoms with Gasteiger partial charge in [0.25, 0.3) is 5.56 Å². The molecular weight excluding hydrogens is 355 g/mol. The Hall–Kier alpha value is -2.13. The number of halogens is 4. The minimum atomic E-state index is -4.62. The lowest BCUT2D eigenvalue weighted by Gasteiger charge is -2.10. The molecule has 0 amide bonds. The van der Waals surface area contributed by atoms with Crippen molar-refractivity contribution in [3.8, 4) is 11.4 Å². The van der Waals surface area contributed by atoms with E-state index in [1.165, 1.54) is 11.3 Å². The Morgan fingerprint density at radius 3 is 2.83 bits per heavy atom. The zero-order chi connectivity index (χ0) is 16.6. The maximum atomic E-state index is 12.8. The maximum absolute atomic E-state index is 12.8. The van der Waals surface area contributed by atoms with E-state index in [4.69, 9.17) is 16.1 Å². The summed E-state index contributed by atoms with van der Waals surface area (Å²) in [4.78, 5) is 15.9. The summed E-state index contributed by atoms with van der Waals surface area (Å²) in [5, 5.41) is 6.81. The third-order valence-corrected chi connectivity index (χ3v) is 3.88. The molecule has 0 radical (unpaired) electrons. The predicted molar refractivity (Wildman–Crippen MR) is 77.4 cm³/mol. The molecular formula is C13H7ClF3N3O2S. The summed E-state index contributed by atoms with van der Waals surface area (Å²) in [6.07, 6.45) is -3.95. The maximum Gasteiger partial charge on any atom is 0.417 e. The molecule has 0 atom stereocenters. The monoisotopic (exact) mass is 361 g/mol. The number of alkyl halides is 3. The number of aromatic nitrogens is 3. The van der Waals surface area contributed by atoms with E-state index in [1.807, 2.05) is 5.38 Å². The van der Waals surface area contributed by atoms with Crippen molar-refractivity contribution in [2.24, 2.45) is 0 Å². The zero-order valence-corrected chi connectivity index (χ0v) is 12.7. The molecule has 3 aromatic heterocycles. The molecule has 0 aliphatic rings. The van der Waals surface area contributed by atoms with Gasteiger partial charge >= 0.3 is 6.18 Å². The largest absolute Gasteiger partial charge is 0.417 e. The van der Waals surface area contributed by atoms with E-state index in [-0.39, 0.29) is 12.4 Å². The summed E-state index contributed by atoms with van der Waals surface area (Å²) in [6, 6.07) is 2.36. The number of pyridine rings is 1. The third kappa shape index (κ3) is 3.30.